The van der Waals surface area contributed by atoms with E-state index in [1.807, 2.05) is 20.8 Å². The van der Waals surface area contributed by atoms with Gasteiger partial charge in [0.05, 0.1) is 29.9 Å². The first-order valence-electron chi connectivity index (χ1n) is 12.9. The highest BCUT2D eigenvalue weighted by molar-refractivity contribution is 6.03. The molecule has 0 aliphatic heterocycles. The molecule has 5 heteroatoms. The molecule has 0 N–H and O–H groups in total. The van der Waals surface area contributed by atoms with Gasteiger partial charge in [-0.25, -0.2) is 9.59 Å². The standard InChI is InChI=1S/C28H46O5/c1-6-7-8-9-10-11-12-13-14-15-18-21-31-26(29)24-19-16-17-20-25(24)27(30)33-23(2)22-32-28(3,4)5/h16-17,19-20,23H,6-15,18,21-22H2,1-5H3. The first-order valence-corrected chi connectivity index (χ1v) is 12.9. The highest BCUT2D eigenvalue weighted by Gasteiger charge is 2.21. The number of esters is 2. The van der Waals surface area contributed by atoms with Crippen LogP contribution in [0.3, 0.4) is 0 Å². The number of unbranched alkanes of at least 4 members (excludes halogenated alkanes) is 10. The molecule has 0 aliphatic rings. The number of carbonyl (C=O) groups is 2. The number of hydrogen-bond donors (Lipinski definition) is 0. The fourth-order valence-corrected chi connectivity index (χ4v) is 3.50. The van der Waals surface area contributed by atoms with Crippen LogP contribution in [-0.2, 0) is 14.2 Å². The van der Waals surface area contributed by atoms with E-state index in [0.717, 1.165) is 12.8 Å². The average molecular weight is 463 g/mol. The van der Waals surface area contributed by atoms with Crippen LogP contribution >= 0.6 is 0 Å². The van der Waals surface area contributed by atoms with Gasteiger partial charge >= 0.3 is 11.9 Å². The van der Waals surface area contributed by atoms with Gasteiger partial charge in [-0.2, -0.15) is 0 Å². The fraction of sp³-hybridized carbons (Fsp3) is 0.714. The van der Waals surface area contributed by atoms with Crippen LogP contribution in [0, 0.1) is 0 Å². The molecule has 0 saturated heterocycles. The van der Waals surface area contributed by atoms with E-state index in [1.54, 1.807) is 31.2 Å². The van der Waals surface area contributed by atoms with Crippen molar-refractivity contribution >= 4 is 11.9 Å². The maximum Gasteiger partial charge on any atom is 0.339 e. The van der Waals surface area contributed by atoms with E-state index in [4.69, 9.17) is 14.2 Å². The number of carbonyl (C=O) groups excluding carboxylic acids is 2. The molecular weight excluding hydrogens is 416 g/mol. The Hall–Kier alpha value is -1.88. The van der Waals surface area contributed by atoms with Crippen LogP contribution in [-0.4, -0.2) is 36.9 Å². The lowest BCUT2D eigenvalue weighted by atomic mass is 10.1. The Bertz CT molecular complexity index is 677. The van der Waals surface area contributed by atoms with Gasteiger partial charge in [0, 0.05) is 0 Å². The lowest BCUT2D eigenvalue weighted by molar-refractivity contribution is -0.0531. The number of rotatable bonds is 17. The van der Waals surface area contributed by atoms with Crippen molar-refractivity contribution in [2.45, 2.75) is 117 Å². The molecule has 0 heterocycles. The van der Waals surface area contributed by atoms with E-state index in [0.29, 0.717) is 13.2 Å². The molecule has 1 atom stereocenters. The van der Waals surface area contributed by atoms with Crippen molar-refractivity contribution in [1.29, 1.82) is 0 Å². The van der Waals surface area contributed by atoms with Crippen molar-refractivity contribution in [3.05, 3.63) is 35.4 Å². The fourth-order valence-electron chi connectivity index (χ4n) is 3.50. The predicted molar refractivity (Wildman–Crippen MR) is 134 cm³/mol. The molecule has 5 nitrogen and oxygen atoms in total. The molecule has 188 valence electrons. The maximum absolute atomic E-state index is 12.6. The summed E-state index contributed by atoms with van der Waals surface area (Å²) in [6, 6.07) is 6.64. The molecule has 1 rings (SSSR count). The minimum atomic E-state index is -0.540. The summed E-state index contributed by atoms with van der Waals surface area (Å²) in [6.07, 6.45) is 13.2. The van der Waals surface area contributed by atoms with Crippen LogP contribution in [0.2, 0.25) is 0 Å². The summed E-state index contributed by atoms with van der Waals surface area (Å²) in [6.45, 7) is 10.5. The summed E-state index contributed by atoms with van der Waals surface area (Å²) in [5.74, 6) is -1.02. The Morgan fingerprint density at radius 3 is 1.79 bits per heavy atom. The molecule has 33 heavy (non-hydrogen) atoms. The smallest absolute Gasteiger partial charge is 0.339 e. The molecule has 1 aromatic carbocycles. The Morgan fingerprint density at radius 2 is 1.27 bits per heavy atom. The second-order valence-corrected chi connectivity index (χ2v) is 9.86. The van der Waals surface area contributed by atoms with Crippen molar-refractivity contribution in [3.63, 3.8) is 0 Å². The van der Waals surface area contributed by atoms with Gasteiger partial charge in [-0.05, 0) is 46.2 Å². The molecule has 0 spiro atoms. The highest BCUT2D eigenvalue weighted by Crippen LogP contribution is 2.15. The number of benzene rings is 1. The molecule has 0 amide bonds. The van der Waals surface area contributed by atoms with Gasteiger partial charge in [0.1, 0.15) is 6.10 Å². The van der Waals surface area contributed by atoms with Crippen LogP contribution < -0.4 is 0 Å². The summed E-state index contributed by atoms with van der Waals surface area (Å²) >= 11 is 0. The van der Waals surface area contributed by atoms with Gasteiger partial charge in [0.25, 0.3) is 0 Å². The normalized spacial score (nSPS) is 12.4. The van der Waals surface area contributed by atoms with Crippen LogP contribution in [0.4, 0.5) is 0 Å². The molecule has 0 aliphatic carbocycles. The average Bonchev–Trinajstić information content (AvgIpc) is 2.77. The van der Waals surface area contributed by atoms with E-state index in [-0.39, 0.29) is 16.7 Å². The van der Waals surface area contributed by atoms with Gasteiger partial charge in [-0.1, -0.05) is 83.3 Å². The monoisotopic (exact) mass is 462 g/mol. The SMILES string of the molecule is CCCCCCCCCCCCCOC(=O)c1ccccc1C(=O)OC(C)COC(C)(C)C. The largest absolute Gasteiger partial charge is 0.462 e. The summed E-state index contributed by atoms with van der Waals surface area (Å²) < 4.78 is 16.6. The van der Waals surface area contributed by atoms with E-state index in [9.17, 15) is 9.59 Å². The lowest BCUT2D eigenvalue weighted by Gasteiger charge is -2.22. The molecule has 0 radical (unpaired) electrons. The zero-order chi connectivity index (χ0) is 24.5. The minimum absolute atomic E-state index is 0.226. The summed E-state index contributed by atoms with van der Waals surface area (Å²) in [7, 11) is 0. The van der Waals surface area contributed by atoms with Crippen molar-refractivity contribution in [2.75, 3.05) is 13.2 Å². The summed E-state index contributed by atoms with van der Waals surface area (Å²) in [5, 5.41) is 0. The maximum atomic E-state index is 12.6. The topological polar surface area (TPSA) is 61.8 Å². The molecule has 0 saturated carbocycles. The summed E-state index contributed by atoms with van der Waals surface area (Å²) in [5.41, 5.74) is 0.162. The van der Waals surface area contributed by atoms with Gasteiger partial charge in [0.15, 0.2) is 0 Å². The highest BCUT2D eigenvalue weighted by atomic mass is 16.6. The van der Waals surface area contributed by atoms with Crippen LogP contribution in [0.15, 0.2) is 24.3 Å². The Kier molecular flexibility index (Phi) is 14.7. The molecule has 0 fully saturated rings. The zero-order valence-corrected chi connectivity index (χ0v) is 21.6. The minimum Gasteiger partial charge on any atom is -0.462 e. The van der Waals surface area contributed by atoms with E-state index in [1.165, 1.54) is 57.8 Å². The quantitative estimate of drug-likeness (QED) is 0.177. The molecule has 1 unspecified atom stereocenters. The van der Waals surface area contributed by atoms with Crippen molar-refractivity contribution in [3.8, 4) is 0 Å². The molecule has 0 aromatic heterocycles. The first-order chi connectivity index (χ1) is 15.7. The first kappa shape index (κ1) is 29.2. The second-order valence-electron chi connectivity index (χ2n) is 9.86. The summed E-state index contributed by atoms with van der Waals surface area (Å²) in [4.78, 5) is 25.1. The number of ether oxygens (including phenoxy) is 3. The van der Waals surface area contributed by atoms with Gasteiger partial charge in [-0.3, -0.25) is 0 Å². The van der Waals surface area contributed by atoms with Crippen molar-refractivity contribution in [2.24, 2.45) is 0 Å². The Labute approximate surface area is 201 Å². The van der Waals surface area contributed by atoms with E-state index in [2.05, 4.69) is 6.92 Å². The van der Waals surface area contributed by atoms with Crippen LogP contribution in [0.25, 0.3) is 0 Å². The van der Waals surface area contributed by atoms with Gasteiger partial charge in [-0.15, -0.1) is 0 Å². The predicted octanol–water partition coefficient (Wildman–Crippen LogP) is 7.51. The third kappa shape index (κ3) is 14.1. The van der Waals surface area contributed by atoms with Crippen molar-refractivity contribution < 1.29 is 23.8 Å². The van der Waals surface area contributed by atoms with Gasteiger partial charge < -0.3 is 14.2 Å². The third-order valence-electron chi connectivity index (χ3n) is 5.41. The third-order valence-corrected chi connectivity index (χ3v) is 5.41. The van der Waals surface area contributed by atoms with E-state index < -0.39 is 18.0 Å². The Morgan fingerprint density at radius 1 is 0.788 bits per heavy atom. The molecule has 0 bridgehead atoms. The molecule has 1 aromatic rings. The number of hydrogen-bond acceptors (Lipinski definition) is 5. The van der Waals surface area contributed by atoms with Gasteiger partial charge in [0.2, 0.25) is 0 Å². The van der Waals surface area contributed by atoms with Crippen LogP contribution in [0.1, 0.15) is 126 Å². The lowest BCUT2D eigenvalue weighted by Crippen LogP contribution is -2.28. The van der Waals surface area contributed by atoms with E-state index >= 15 is 0 Å². The Balaban J connectivity index is 2.30. The van der Waals surface area contributed by atoms with Crippen molar-refractivity contribution in [1.82, 2.24) is 0 Å². The zero-order valence-electron chi connectivity index (χ0n) is 21.6. The second kappa shape index (κ2) is 16.7. The molecular formula is C28H46O5. The van der Waals surface area contributed by atoms with Crippen LogP contribution in [0.5, 0.6) is 0 Å².